The third-order valence-corrected chi connectivity index (χ3v) is 12.8. The lowest BCUT2D eigenvalue weighted by Gasteiger charge is -2.41. The summed E-state index contributed by atoms with van der Waals surface area (Å²) >= 11 is 0. The Bertz CT molecular complexity index is 2800. The minimum Gasteiger partial charge on any atom is -0.453 e. The van der Waals surface area contributed by atoms with Crippen LogP contribution in [-0.2, 0) is 0 Å². The van der Waals surface area contributed by atoms with Crippen LogP contribution in [0.1, 0.15) is 6.04 Å². The van der Waals surface area contributed by atoms with Gasteiger partial charge in [0.2, 0.25) is 0 Å². The zero-order valence-corrected chi connectivity index (χ0v) is 25.9. The third-order valence-electron chi connectivity index (χ3n) is 10.4. The molecule has 2 unspecified atom stereocenters. The van der Waals surface area contributed by atoms with Gasteiger partial charge < -0.3 is 18.8 Å². The minimum absolute atomic E-state index is 0.0253. The Kier molecular flexibility index (Phi) is 4.43. The molecule has 5 heterocycles. The number of anilines is 2. The lowest BCUT2D eigenvalue weighted by Crippen LogP contribution is -2.32. The first kappa shape index (κ1) is 24.5. The summed E-state index contributed by atoms with van der Waals surface area (Å²) in [5.74, 6) is 1.73. The number of hydrogen-bond acceptors (Lipinski definition) is 2. The molecule has 12 rings (SSSR count). The first-order valence-electron chi connectivity index (χ1n) is 16.1. The predicted octanol–water partition coefficient (Wildman–Crippen LogP) is 11.0. The molecule has 0 amide bonds. The molecule has 5 heteroatoms. The molecule has 0 bridgehead atoms. The van der Waals surface area contributed by atoms with Crippen LogP contribution in [-0.4, -0.2) is 14.0 Å². The van der Waals surface area contributed by atoms with Crippen LogP contribution in [0.25, 0.3) is 49.3 Å². The van der Waals surface area contributed by atoms with E-state index in [1.165, 1.54) is 64.0 Å². The quantitative estimate of drug-likeness (QED) is 0.171. The lowest BCUT2D eigenvalue weighted by molar-refractivity contribution is 0.476. The highest BCUT2D eigenvalue weighted by Crippen LogP contribution is 2.59. The maximum absolute atomic E-state index is 6.46. The summed E-state index contributed by atoms with van der Waals surface area (Å²) in [5.41, 5.74) is 9.74. The first-order chi connectivity index (χ1) is 23.3. The lowest BCUT2D eigenvalue weighted by atomic mass is 9.99. The Balaban J connectivity index is 1.27. The van der Waals surface area contributed by atoms with Gasteiger partial charge in [0, 0.05) is 47.4 Å². The zero-order valence-electron chi connectivity index (χ0n) is 25.1. The van der Waals surface area contributed by atoms with Gasteiger partial charge in [-0.3, -0.25) is 0 Å². The number of aromatic nitrogens is 2. The summed E-state index contributed by atoms with van der Waals surface area (Å²) in [6.45, 7) is 0. The molecule has 0 N–H and O–H groups in total. The van der Waals surface area contributed by atoms with Crippen molar-refractivity contribution in [1.29, 1.82) is 0 Å². The summed E-state index contributed by atoms with van der Waals surface area (Å²) in [6.07, 6.45) is 4.96. The number of rotatable bonds is 1. The van der Waals surface area contributed by atoms with Crippen LogP contribution >= 0.6 is 10.5 Å². The molecule has 6 aromatic carbocycles. The van der Waals surface area contributed by atoms with E-state index in [1.807, 2.05) is 0 Å². The van der Waals surface area contributed by atoms with Crippen molar-refractivity contribution in [1.82, 2.24) is 9.13 Å². The fourth-order valence-corrected chi connectivity index (χ4v) is 11.3. The van der Waals surface area contributed by atoms with E-state index in [-0.39, 0.29) is 16.5 Å². The van der Waals surface area contributed by atoms with Crippen LogP contribution in [0.3, 0.4) is 0 Å². The molecule has 0 radical (unpaired) electrons. The fraction of sp³-hybridized carbons (Fsp3) is 0.0238. The second-order valence-corrected chi connectivity index (χ2v) is 14.6. The largest absolute Gasteiger partial charge is 0.453 e. The Labute approximate surface area is 272 Å². The molecule has 47 heavy (non-hydrogen) atoms. The number of para-hydroxylation sites is 8. The molecule has 0 fully saturated rings. The number of ether oxygens (including phenoxy) is 1. The summed E-state index contributed by atoms with van der Waals surface area (Å²) < 4.78 is 11.6. The Morgan fingerprint density at radius 3 is 1.85 bits per heavy atom. The molecule has 2 atom stereocenters. The van der Waals surface area contributed by atoms with Crippen molar-refractivity contribution in [2.75, 3.05) is 4.90 Å². The second-order valence-electron chi connectivity index (χ2n) is 12.7. The molecule has 0 spiro atoms. The van der Waals surface area contributed by atoms with E-state index >= 15 is 0 Å². The average molecular weight is 620 g/mol. The monoisotopic (exact) mass is 619 g/mol. The maximum Gasteiger partial charge on any atom is 0.151 e. The highest BCUT2D eigenvalue weighted by Gasteiger charge is 2.41. The molecule has 0 saturated carbocycles. The molecule has 4 nitrogen and oxygen atoms in total. The predicted molar refractivity (Wildman–Crippen MR) is 195 cm³/mol. The molecule has 3 aliphatic heterocycles. The van der Waals surface area contributed by atoms with Gasteiger partial charge in [-0.2, -0.15) is 0 Å². The standard InChI is InChI=1S/C42H25N3OS/c1-3-15-30-26(11-1)28-13-9-21-38-40(28)44(30)34-23-25(43-32-17-5-7-19-36(32)46-37-20-8-6-18-33(37)43)24-35-42(34)47(38)39-22-10-14-29-27-12-2-4-16-31(27)45(35)41(29)39/h1-24,34H. The number of hydrogen-bond donors (Lipinski definition) is 0. The van der Waals surface area contributed by atoms with Crippen molar-refractivity contribution in [2.45, 2.75) is 15.8 Å². The molecular weight excluding hydrogens is 595 g/mol. The third kappa shape index (κ3) is 2.90. The Morgan fingerprint density at radius 2 is 1.11 bits per heavy atom. The highest BCUT2D eigenvalue weighted by atomic mass is 32.2. The molecular formula is C42H25N3OS. The van der Waals surface area contributed by atoms with Crippen LogP contribution in [0.15, 0.2) is 161 Å². The van der Waals surface area contributed by atoms with Gasteiger partial charge in [0.15, 0.2) is 11.5 Å². The highest BCUT2D eigenvalue weighted by molar-refractivity contribution is 8.17. The molecule has 4 aliphatic rings. The maximum atomic E-state index is 6.46. The first-order valence-corrected chi connectivity index (χ1v) is 17.3. The molecule has 220 valence electrons. The summed E-state index contributed by atoms with van der Waals surface area (Å²) in [6, 6.07) is 48.6. The van der Waals surface area contributed by atoms with Crippen molar-refractivity contribution < 1.29 is 4.74 Å². The van der Waals surface area contributed by atoms with E-state index < -0.39 is 0 Å². The van der Waals surface area contributed by atoms with Crippen LogP contribution in [0.2, 0.25) is 0 Å². The minimum atomic E-state index is -0.253. The van der Waals surface area contributed by atoms with Crippen LogP contribution < -0.4 is 9.64 Å². The van der Waals surface area contributed by atoms with E-state index in [1.54, 1.807) is 0 Å². The summed E-state index contributed by atoms with van der Waals surface area (Å²) in [4.78, 5) is 6.70. The van der Waals surface area contributed by atoms with Crippen LogP contribution in [0.4, 0.5) is 11.4 Å². The smallest absolute Gasteiger partial charge is 0.151 e. The van der Waals surface area contributed by atoms with E-state index in [9.17, 15) is 0 Å². The second kappa shape index (κ2) is 8.52. The van der Waals surface area contributed by atoms with Crippen molar-refractivity contribution in [3.63, 3.8) is 0 Å². The number of benzene rings is 6. The molecule has 8 aromatic rings. The number of nitrogens with zero attached hydrogens (tertiary/aromatic N) is 3. The topological polar surface area (TPSA) is 22.3 Å². The van der Waals surface area contributed by atoms with Gasteiger partial charge in [-0.05, 0) is 60.7 Å². The SMILES string of the molecule is C1=C(N2c3ccccc3Oc3ccccc32)C=C2C3=S(c4cccc5c6ccccc6n2c45)c2cccc4c5ccccc5n(c24)C13. The Hall–Kier alpha value is -5.78. The van der Waals surface area contributed by atoms with Crippen molar-refractivity contribution >= 4 is 76.0 Å². The zero-order chi connectivity index (χ0) is 30.4. The van der Waals surface area contributed by atoms with E-state index in [2.05, 4.69) is 160 Å². The average Bonchev–Trinajstić information content (AvgIpc) is 3.65. The molecule has 2 aromatic heterocycles. The van der Waals surface area contributed by atoms with Crippen molar-refractivity contribution in [3.8, 4) is 11.5 Å². The summed E-state index contributed by atoms with van der Waals surface area (Å²) in [5, 5.41) is 5.26. The van der Waals surface area contributed by atoms with Gasteiger partial charge in [-0.25, -0.2) is 0 Å². The van der Waals surface area contributed by atoms with Crippen molar-refractivity contribution in [3.05, 3.63) is 151 Å². The van der Waals surface area contributed by atoms with E-state index in [0.29, 0.717) is 0 Å². The van der Waals surface area contributed by atoms with Gasteiger partial charge in [-0.15, -0.1) is 10.5 Å². The van der Waals surface area contributed by atoms with Crippen LogP contribution in [0.5, 0.6) is 11.5 Å². The Morgan fingerprint density at radius 1 is 0.532 bits per heavy atom. The normalized spacial score (nSPS) is 18.6. The van der Waals surface area contributed by atoms with Gasteiger partial charge >= 0.3 is 0 Å². The summed E-state index contributed by atoms with van der Waals surface area (Å²) in [7, 11) is -0.253. The van der Waals surface area contributed by atoms with E-state index in [0.717, 1.165) is 28.6 Å². The van der Waals surface area contributed by atoms with Gasteiger partial charge in [-0.1, -0.05) is 84.9 Å². The molecule has 0 saturated heterocycles. The van der Waals surface area contributed by atoms with Gasteiger partial charge in [0.05, 0.1) is 39.7 Å². The fourth-order valence-electron chi connectivity index (χ4n) is 8.59. The molecule has 1 aliphatic carbocycles. The van der Waals surface area contributed by atoms with Gasteiger partial charge in [0.25, 0.3) is 0 Å². The number of fused-ring (bicyclic) bond motifs is 12. The number of allylic oxidation sites excluding steroid dienone is 3. The van der Waals surface area contributed by atoms with Gasteiger partial charge in [0.1, 0.15) is 0 Å². The van der Waals surface area contributed by atoms with Crippen LogP contribution in [0, 0.1) is 0 Å². The van der Waals surface area contributed by atoms with Crippen molar-refractivity contribution in [2.24, 2.45) is 0 Å². The van der Waals surface area contributed by atoms with E-state index in [4.69, 9.17) is 4.74 Å².